The summed E-state index contributed by atoms with van der Waals surface area (Å²) in [6.45, 7) is 1.32. The number of hydrogen-bond acceptors (Lipinski definition) is 5. The third-order valence-corrected chi connectivity index (χ3v) is 3.11. The van der Waals surface area contributed by atoms with Crippen LogP contribution < -0.4 is 0 Å². The molecule has 0 radical (unpaired) electrons. The molecule has 0 amide bonds. The number of rotatable bonds is 5. The molecule has 0 saturated carbocycles. The first kappa shape index (κ1) is 11.4. The second kappa shape index (κ2) is 5.14. The van der Waals surface area contributed by atoms with Crippen LogP contribution in [0.3, 0.4) is 0 Å². The summed E-state index contributed by atoms with van der Waals surface area (Å²) >= 11 is 0. The Balaban J connectivity index is 3.93. The molecule has 0 aliphatic heterocycles. The lowest BCUT2D eigenvalue weighted by molar-refractivity contribution is -0.140. The van der Waals surface area contributed by atoms with Gasteiger partial charge in [0.05, 0.1) is 0 Å². The van der Waals surface area contributed by atoms with Crippen molar-refractivity contribution in [1.29, 1.82) is 0 Å². The maximum absolute atomic E-state index is 10.6. The molecule has 0 bridgehead atoms. The van der Waals surface area contributed by atoms with Gasteiger partial charge in [-0.25, -0.2) is 0 Å². The van der Waals surface area contributed by atoms with E-state index >= 15 is 0 Å². The SMILES string of the molecule is C[C@@H](C[P+](=O)OP(=O)=O)C(=O)O. The van der Waals surface area contributed by atoms with Crippen LogP contribution >= 0.6 is 15.9 Å². The van der Waals surface area contributed by atoms with Crippen LogP contribution in [0.4, 0.5) is 0 Å². The Morgan fingerprint density at radius 3 is 2.50 bits per heavy atom. The number of carboxylic acid groups (broad SMARTS) is 1. The van der Waals surface area contributed by atoms with Crippen LogP contribution in [0.15, 0.2) is 0 Å². The van der Waals surface area contributed by atoms with E-state index in [1.165, 1.54) is 6.92 Å². The molecular formula is C4H7O6P2+. The zero-order valence-electron chi connectivity index (χ0n) is 6.17. The molecule has 0 aliphatic carbocycles. The average molecular weight is 213 g/mol. The first-order valence-electron chi connectivity index (χ1n) is 2.93. The van der Waals surface area contributed by atoms with Crippen LogP contribution in [0.2, 0.25) is 0 Å². The largest absolute Gasteiger partial charge is 0.523 e. The Labute approximate surface area is 69.7 Å². The van der Waals surface area contributed by atoms with Crippen molar-refractivity contribution in [3.63, 3.8) is 0 Å². The fraction of sp³-hybridized carbons (Fsp3) is 0.750. The van der Waals surface area contributed by atoms with Gasteiger partial charge < -0.3 is 5.11 Å². The van der Waals surface area contributed by atoms with Gasteiger partial charge in [0.2, 0.25) is 0 Å². The van der Waals surface area contributed by atoms with E-state index in [4.69, 9.17) is 5.11 Å². The predicted molar refractivity (Wildman–Crippen MR) is 38.7 cm³/mol. The third-order valence-electron chi connectivity index (χ3n) is 1.00. The van der Waals surface area contributed by atoms with Gasteiger partial charge in [0, 0.05) is 0 Å². The van der Waals surface area contributed by atoms with Crippen molar-refractivity contribution in [1.82, 2.24) is 0 Å². The quantitative estimate of drug-likeness (QED) is 0.695. The van der Waals surface area contributed by atoms with E-state index in [9.17, 15) is 18.5 Å². The van der Waals surface area contributed by atoms with Gasteiger partial charge in [-0.15, -0.1) is 0 Å². The standard InChI is InChI=1S/C4H6O6P2/c1-3(4(5)6)2-11(7)10-12(8)9/h3H,2H2,1H3/p+1/t3-/m0/s1. The van der Waals surface area contributed by atoms with E-state index in [0.29, 0.717) is 0 Å². The highest BCUT2D eigenvalue weighted by atomic mass is 31.2. The molecule has 68 valence electrons. The topological polar surface area (TPSA) is 97.7 Å². The summed E-state index contributed by atoms with van der Waals surface area (Å²) < 4.78 is 34.2. The molecule has 0 fully saturated rings. The lowest BCUT2D eigenvalue weighted by Crippen LogP contribution is -2.11. The summed E-state index contributed by atoms with van der Waals surface area (Å²) in [4.78, 5) is 10.2. The minimum Gasteiger partial charge on any atom is -0.481 e. The van der Waals surface area contributed by atoms with Gasteiger partial charge in [0.1, 0.15) is 5.92 Å². The first-order chi connectivity index (χ1) is 5.43. The number of aliphatic carboxylic acids is 1. The molecule has 0 aromatic rings. The van der Waals surface area contributed by atoms with Crippen molar-refractivity contribution in [2.24, 2.45) is 5.92 Å². The summed E-state index contributed by atoms with van der Waals surface area (Å²) in [5.74, 6) is -2.01. The molecule has 1 N–H and O–H groups in total. The highest BCUT2D eigenvalue weighted by Crippen LogP contribution is 2.33. The van der Waals surface area contributed by atoms with E-state index in [1.54, 1.807) is 0 Å². The van der Waals surface area contributed by atoms with E-state index in [2.05, 4.69) is 4.31 Å². The van der Waals surface area contributed by atoms with E-state index in [0.717, 1.165) is 0 Å². The Hall–Kier alpha value is -0.570. The van der Waals surface area contributed by atoms with Crippen LogP contribution in [0.5, 0.6) is 0 Å². The van der Waals surface area contributed by atoms with Crippen molar-refractivity contribution in [3.8, 4) is 0 Å². The molecule has 0 aromatic carbocycles. The summed E-state index contributed by atoms with van der Waals surface area (Å²) in [5.41, 5.74) is 0. The molecule has 8 heteroatoms. The van der Waals surface area contributed by atoms with Crippen molar-refractivity contribution in [2.45, 2.75) is 6.92 Å². The van der Waals surface area contributed by atoms with Crippen molar-refractivity contribution in [3.05, 3.63) is 0 Å². The van der Waals surface area contributed by atoms with Crippen LogP contribution in [0, 0.1) is 5.92 Å². The second-order valence-corrected chi connectivity index (χ2v) is 4.19. The van der Waals surface area contributed by atoms with Crippen molar-refractivity contribution >= 4 is 21.9 Å². The number of carboxylic acids is 1. The molecular weight excluding hydrogens is 206 g/mol. The molecule has 0 heterocycles. The van der Waals surface area contributed by atoms with Gasteiger partial charge in [-0.2, -0.15) is 9.13 Å². The molecule has 0 rings (SSSR count). The molecule has 0 saturated heterocycles. The van der Waals surface area contributed by atoms with Gasteiger partial charge in [-0.05, 0) is 15.8 Å². The highest BCUT2D eigenvalue weighted by Gasteiger charge is 2.28. The maximum Gasteiger partial charge on any atom is 0.523 e. The molecule has 1 unspecified atom stereocenters. The van der Waals surface area contributed by atoms with Crippen LogP contribution in [0.25, 0.3) is 0 Å². The normalized spacial score (nSPS) is 13.6. The summed E-state index contributed by atoms with van der Waals surface area (Å²) in [5, 5.41) is 8.33. The summed E-state index contributed by atoms with van der Waals surface area (Å²) in [7, 11) is -5.59. The van der Waals surface area contributed by atoms with Crippen molar-refractivity contribution < 1.29 is 27.9 Å². The van der Waals surface area contributed by atoms with Gasteiger partial charge >= 0.3 is 21.9 Å². The fourth-order valence-corrected chi connectivity index (χ4v) is 1.87. The summed E-state index contributed by atoms with van der Waals surface area (Å²) in [6.07, 6.45) is -0.298. The average Bonchev–Trinajstić information content (AvgIpc) is 1.84. The first-order valence-corrected chi connectivity index (χ1v) is 5.39. The smallest absolute Gasteiger partial charge is 0.481 e. The fourth-order valence-electron chi connectivity index (χ4n) is 0.409. The number of carbonyl (C=O) groups is 1. The minimum atomic E-state index is -3.17. The van der Waals surface area contributed by atoms with Crippen LogP contribution in [0.1, 0.15) is 6.92 Å². The second-order valence-electron chi connectivity index (χ2n) is 2.06. The summed E-state index contributed by atoms with van der Waals surface area (Å²) in [6, 6.07) is 0. The molecule has 6 nitrogen and oxygen atoms in total. The molecule has 12 heavy (non-hydrogen) atoms. The zero-order chi connectivity index (χ0) is 9.72. The zero-order valence-corrected chi connectivity index (χ0v) is 7.96. The van der Waals surface area contributed by atoms with Crippen molar-refractivity contribution in [2.75, 3.05) is 6.16 Å². The van der Waals surface area contributed by atoms with E-state index < -0.39 is 27.8 Å². The Bertz CT molecular complexity index is 248. The van der Waals surface area contributed by atoms with Gasteiger partial charge in [0.25, 0.3) is 0 Å². The third kappa shape index (κ3) is 5.13. The lowest BCUT2D eigenvalue weighted by Gasteiger charge is -1.93. The van der Waals surface area contributed by atoms with Crippen LogP contribution in [-0.2, 0) is 22.8 Å². The maximum atomic E-state index is 10.6. The molecule has 0 spiro atoms. The van der Waals surface area contributed by atoms with Gasteiger partial charge in [-0.3, -0.25) is 4.79 Å². The number of hydrogen-bond donors (Lipinski definition) is 1. The van der Waals surface area contributed by atoms with E-state index in [1.807, 2.05) is 0 Å². The molecule has 0 aromatic heterocycles. The Morgan fingerprint density at radius 1 is 1.67 bits per heavy atom. The predicted octanol–water partition coefficient (Wildman–Crippen LogP) is 1.55. The Kier molecular flexibility index (Phi) is 4.90. The van der Waals surface area contributed by atoms with Crippen LogP contribution in [-0.4, -0.2) is 17.2 Å². The van der Waals surface area contributed by atoms with Gasteiger partial charge in [-0.1, -0.05) is 0 Å². The Morgan fingerprint density at radius 2 is 2.17 bits per heavy atom. The minimum absolute atomic E-state index is 0.298. The van der Waals surface area contributed by atoms with E-state index in [-0.39, 0.29) is 6.16 Å². The molecule has 0 aliphatic rings. The lowest BCUT2D eigenvalue weighted by atomic mass is 10.2. The molecule has 2 atom stereocenters. The highest BCUT2D eigenvalue weighted by molar-refractivity contribution is 7.47. The monoisotopic (exact) mass is 213 g/mol. The van der Waals surface area contributed by atoms with Gasteiger partial charge in [0.15, 0.2) is 6.16 Å².